The van der Waals surface area contributed by atoms with Gasteiger partial charge in [-0.1, -0.05) is 23.5 Å². The molecule has 0 spiro atoms. The van der Waals surface area contributed by atoms with E-state index in [1.54, 1.807) is 6.92 Å². The summed E-state index contributed by atoms with van der Waals surface area (Å²) >= 11 is 1.35. The Bertz CT molecular complexity index is 617. The average molecular weight is 256 g/mol. The first-order valence-electron chi connectivity index (χ1n) is 4.88. The first-order chi connectivity index (χ1) is 7.52. The SMILES string of the molecule is CCS(=O)(=O)Nc1nc2c(C)cccc2s1. The topological polar surface area (TPSA) is 59.1 Å². The fourth-order valence-corrected chi connectivity index (χ4v) is 3.13. The summed E-state index contributed by atoms with van der Waals surface area (Å²) in [6.07, 6.45) is 0. The number of rotatable bonds is 3. The lowest BCUT2D eigenvalue weighted by atomic mass is 10.2. The van der Waals surface area contributed by atoms with Gasteiger partial charge in [0.2, 0.25) is 10.0 Å². The van der Waals surface area contributed by atoms with Gasteiger partial charge in [-0.15, -0.1) is 0 Å². The third-order valence-electron chi connectivity index (χ3n) is 2.24. The molecule has 1 N–H and O–H groups in total. The highest BCUT2D eigenvalue weighted by Gasteiger charge is 2.11. The summed E-state index contributed by atoms with van der Waals surface area (Å²) in [4.78, 5) is 4.27. The van der Waals surface area contributed by atoms with E-state index in [9.17, 15) is 8.42 Å². The monoisotopic (exact) mass is 256 g/mol. The molecule has 0 unspecified atom stereocenters. The molecule has 1 heterocycles. The van der Waals surface area contributed by atoms with E-state index >= 15 is 0 Å². The minimum absolute atomic E-state index is 0.0574. The Balaban J connectivity index is 2.45. The number of nitrogens with zero attached hydrogens (tertiary/aromatic N) is 1. The van der Waals surface area contributed by atoms with Crippen LogP contribution in [0.5, 0.6) is 0 Å². The molecule has 0 radical (unpaired) electrons. The lowest BCUT2D eigenvalue weighted by molar-refractivity contribution is 0.602. The number of nitrogens with one attached hydrogen (secondary N) is 1. The van der Waals surface area contributed by atoms with E-state index in [4.69, 9.17) is 0 Å². The molecule has 6 heteroatoms. The van der Waals surface area contributed by atoms with Gasteiger partial charge in [-0.3, -0.25) is 4.72 Å². The van der Waals surface area contributed by atoms with Crippen LogP contribution in [0.2, 0.25) is 0 Å². The number of thiazole rings is 1. The molecule has 2 rings (SSSR count). The molecule has 0 atom stereocenters. The van der Waals surface area contributed by atoms with Crippen molar-refractivity contribution in [3.63, 3.8) is 0 Å². The van der Waals surface area contributed by atoms with E-state index in [-0.39, 0.29) is 5.75 Å². The molecule has 0 aliphatic rings. The van der Waals surface area contributed by atoms with Gasteiger partial charge >= 0.3 is 0 Å². The number of benzene rings is 1. The van der Waals surface area contributed by atoms with Crippen molar-refractivity contribution in [2.24, 2.45) is 0 Å². The molecule has 1 aromatic heterocycles. The second-order valence-corrected chi connectivity index (χ2v) is 6.49. The Kier molecular flexibility index (Phi) is 2.86. The van der Waals surface area contributed by atoms with Gasteiger partial charge in [-0.05, 0) is 25.5 Å². The maximum absolute atomic E-state index is 11.4. The number of para-hydroxylation sites is 1. The lowest BCUT2D eigenvalue weighted by Gasteiger charge is -1.99. The maximum Gasteiger partial charge on any atom is 0.234 e. The largest absolute Gasteiger partial charge is 0.259 e. The van der Waals surface area contributed by atoms with E-state index < -0.39 is 10.0 Å². The maximum atomic E-state index is 11.4. The van der Waals surface area contributed by atoms with Crippen molar-refractivity contribution in [2.75, 3.05) is 10.5 Å². The standard InChI is InChI=1S/C10H12N2O2S2/c1-3-16(13,14)12-10-11-9-7(2)5-4-6-8(9)15-10/h4-6H,3H2,1-2H3,(H,11,12). The Morgan fingerprint density at radius 3 is 2.81 bits per heavy atom. The van der Waals surface area contributed by atoms with Gasteiger partial charge in [-0.25, -0.2) is 13.4 Å². The Labute approximate surface area is 98.4 Å². The van der Waals surface area contributed by atoms with E-state index in [0.29, 0.717) is 5.13 Å². The third-order valence-corrected chi connectivity index (χ3v) is 4.57. The third kappa shape index (κ3) is 2.17. The summed E-state index contributed by atoms with van der Waals surface area (Å²) in [5.41, 5.74) is 1.91. The van der Waals surface area contributed by atoms with Gasteiger partial charge in [0.05, 0.1) is 16.0 Å². The highest BCUT2D eigenvalue weighted by atomic mass is 32.2. The van der Waals surface area contributed by atoms with Crippen LogP contribution in [0.1, 0.15) is 12.5 Å². The second kappa shape index (κ2) is 4.03. The lowest BCUT2D eigenvalue weighted by Crippen LogP contribution is -2.14. The van der Waals surface area contributed by atoms with Crippen molar-refractivity contribution in [2.45, 2.75) is 13.8 Å². The number of hydrogen-bond donors (Lipinski definition) is 1. The Morgan fingerprint density at radius 1 is 1.44 bits per heavy atom. The number of sulfonamides is 1. The first-order valence-corrected chi connectivity index (χ1v) is 7.35. The number of anilines is 1. The molecule has 0 amide bonds. The molecule has 0 saturated heterocycles. The van der Waals surface area contributed by atoms with Gasteiger partial charge in [0, 0.05) is 0 Å². The summed E-state index contributed by atoms with van der Waals surface area (Å²) in [7, 11) is -3.24. The molecule has 0 fully saturated rings. The van der Waals surface area contributed by atoms with Gasteiger partial charge in [0.1, 0.15) is 0 Å². The predicted molar refractivity (Wildman–Crippen MR) is 67.4 cm³/mol. The van der Waals surface area contributed by atoms with Crippen molar-refractivity contribution in [3.8, 4) is 0 Å². The Morgan fingerprint density at radius 2 is 2.19 bits per heavy atom. The van der Waals surface area contributed by atoms with E-state index in [0.717, 1.165) is 15.8 Å². The van der Waals surface area contributed by atoms with Gasteiger partial charge in [0.25, 0.3) is 0 Å². The van der Waals surface area contributed by atoms with Crippen LogP contribution in [-0.4, -0.2) is 19.2 Å². The fourth-order valence-electron chi connectivity index (χ4n) is 1.34. The highest BCUT2D eigenvalue weighted by Crippen LogP contribution is 2.28. The Hall–Kier alpha value is -1.14. The zero-order valence-electron chi connectivity index (χ0n) is 9.02. The summed E-state index contributed by atoms with van der Waals surface area (Å²) in [6, 6.07) is 5.83. The quantitative estimate of drug-likeness (QED) is 0.917. The smallest absolute Gasteiger partial charge is 0.234 e. The van der Waals surface area contributed by atoms with Crippen LogP contribution in [0, 0.1) is 6.92 Å². The molecule has 0 saturated carbocycles. The summed E-state index contributed by atoms with van der Waals surface area (Å²) in [5, 5.41) is 0.436. The van der Waals surface area contributed by atoms with Gasteiger partial charge in [-0.2, -0.15) is 0 Å². The summed E-state index contributed by atoms with van der Waals surface area (Å²) in [5.74, 6) is 0.0574. The van der Waals surface area contributed by atoms with Crippen LogP contribution >= 0.6 is 11.3 Å². The molecule has 1 aromatic carbocycles. The minimum Gasteiger partial charge on any atom is -0.259 e. The van der Waals surface area contributed by atoms with Crippen LogP contribution in [0.15, 0.2) is 18.2 Å². The van der Waals surface area contributed by atoms with Gasteiger partial charge < -0.3 is 0 Å². The van der Waals surface area contributed by atoms with Crippen molar-refractivity contribution < 1.29 is 8.42 Å². The van der Waals surface area contributed by atoms with E-state index in [2.05, 4.69) is 9.71 Å². The van der Waals surface area contributed by atoms with Crippen molar-refractivity contribution in [1.29, 1.82) is 0 Å². The minimum atomic E-state index is -3.24. The predicted octanol–water partition coefficient (Wildman–Crippen LogP) is 2.37. The zero-order chi connectivity index (χ0) is 11.8. The molecular weight excluding hydrogens is 244 g/mol. The fraction of sp³-hybridized carbons (Fsp3) is 0.300. The zero-order valence-corrected chi connectivity index (χ0v) is 10.7. The molecule has 16 heavy (non-hydrogen) atoms. The van der Waals surface area contributed by atoms with Crippen LogP contribution in [-0.2, 0) is 10.0 Å². The first kappa shape index (κ1) is 11.3. The molecule has 4 nitrogen and oxygen atoms in total. The van der Waals surface area contributed by atoms with Gasteiger partial charge in [0.15, 0.2) is 5.13 Å². The number of hydrogen-bond acceptors (Lipinski definition) is 4. The normalized spacial score (nSPS) is 11.9. The molecule has 0 aliphatic carbocycles. The highest BCUT2D eigenvalue weighted by molar-refractivity contribution is 7.92. The number of fused-ring (bicyclic) bond motifs is 1. The van der Waals surface area contributed by atoms with Crippen LogP contribution < -0.4 is 4.72 Å². The second-order valence-electron chi connectivity index (χ2n) is 3.45. The molecule has 2 aromatic rings. The average Bonchev–Trinajstić information content (AvgIpc) is 2.61. The molecular formula is C10H12N2O2S2. The van der Waals surface area contributed by atoms with Crippen molar-refractivity contribution in [1.82, 2.24) is 4.98 Å². The molecule has 86 valence electrons. The number of aryl methyl sites for hydroxylation is 1. The van der Waals surface area contributed by atoms with Crippen LogP contribution in [0.25, 0.3) is 10.2 Å². The van der Waals surface area contributed by atoms with Crippen LogP contribution in [0.3, 0.4) is 0 Å². The van der Waals surface area contributed by atoms with Crippen molar-refractivity contribution in [3.05, 3.63) is 23.8 Å². The van der Waals surface area contributed by atoms with E-state index in [1.807, 2.05) is 25.1 Å². The summed E-state index contributed by atoms with van der Waals surface area (Å²) < 4.78 is 26.2. The molecule has 0 aliphatic heterocycles. The number of aromatic nitrogens is 1. The summed E-state index contributed by atoms with van der Waals surface area (Å²) in [6.45, 7) is 3.56. The van der Waals surface area contributed by atoms with Crippen molar-refractivity contribution >= 4 is 36.7 Å². The van der Waals surface area contributed by atoms with E-state index in [1.165, 1.54) is 11.3 Å². The van der Waals surface area contributed by atoms with Crippen LogP contribution in [0.4, 0.5) is 5.13 Å². The molecule has 0 bridgehead atoms.